The molecule has 0 aromatic heterocycles. The van der Waals surface area contributed by atoms with Crippen LogP contribution in [0.25, 0.3) is 0 Å². The molecule has 0 radical (unpaired) electrons. The normalized spacial score (nSPS) is 20.9. The molecule has 1 amide bonds. The van der Waals surface area contributed by atoms with Crippen LogP contribution in [0.3, 0.4) is 0 Å². The highest BCUT2D eigenvalue weighted by Gasteiger charge is 2.16. The number of hydrogen-bond acceptors (Lipinski definition) is 2. The molecule has 3 rings (SSSR count). The zero-order valence-electron chi connectivity index (χ0n) is 14.2. The van der Waals surface area contributed by atoms with Gasteiger partial charge < -0.3 is 5.32 Å². The molecule has 0 bridgehead atoms. The molecule has 1 aromatic rings. The van der Waals surface area contributed by atoms with Crippen molar-refractivity contribution in [3.63, 3.8) is 0 Å². The Kier molecular flexibility index (Phi) is 6.09. The molecular formula is C20H30N2O. The summed E-state index contributed by atoms with van der Waals surface area (Å²) >= 11 is 0. The van der Waals surface area contributed by atoms with Gasteiger partial charge in [0, 0.05) is 18.2 Å². The second-order valence-corrected chi connectivity index (χ2v) is 7.20. The van der Waals surface area contributed by atoms with E-state index in [2.05, 4.69) is 22.3 Å². The van der Waals surface area contributed by atoms with E-state index in [1.165, 1.54) is 63.6 Å². The van der Waals surface area contributed by atoms with Gasteiger partial charge in [-0.3, -0.25) is 9.69 Å². The average Bonchev–Trinajstić information content (AvgIpc) is 2.85. The SMILES string of the molecule is O=C(NC1CCCCC1)c1ccc(CN2CCCCCC2)cc1. The fourth-order valence-corrected chi connectivity index (χ4v) is 3.83. The molecule has 1 aliphatic heterocycles. The van der Waals surface area contributed by atoms with Crippen LogP contribution in [0.5, 0.6) is 0 Å². The van der Waals surface area contributed by atoms with E-state index >= 15 is 0 Å². The Labute approximate surface area is 140 Å². The summed E-state index contributed by atoms with van der Waals surface area (Å²) in [6.07, 6.45) is 11.5. The summed E-state index contributed by atoms with van der Waals surface area (Å²) in [6, 6.07) is 8.62. The maximum atomic E-state index is 12.3. The predicted octanol–water partition coefficient (Wildman–Crippen LogP) is 4.13. The summed E-state index contributed by atoms with van der Waals surface area (Å²) in [5.41, 5.74) is 2.12. The second-order valence-electron chi connectivity index (χ2n) is 7.20. The van der Waals surface area contributed by atoms with Crippen molar-refractivity contribution in [2.45, 2.75) is 70.4 Å². The van der Waals surface area contributed by atoms with Gasteiger partial charge >= 0.3 is 0 Å². The zero-order valence-corrected chi connectivity index (χ0v) is 14.2. The van der Waals surface area contributed by atoms with Crippen molar-refractivity contribution in [2.24, 2.45) is 0 Å². The van der Waals surface area contributed by atoms with Crippen molar-refractivity contribution in [2.75, 3.05) is 13.1 Å². The number of nitrogens with one attached hydrogen (secondary N) is 1. The summed E-state index contributed by atoms with van der Waals surface area (Å²) in [7, 11) is 0. The number of rotatable bonds is 4. The quantitative estimate of drug-likeness (QED) is 0.906. The third-order valence-electron chi connectivity index (χ3n) is 5.26. The Hall–Kier alpha value is -1.35. The zero-order chi connectivity index (χ0) is 15.9. The molecule has 0 atom stereocenters. The van der Waals surface area contributed by atoms with Crippen LogP contribution in [-0.2, 0) is 6.54 Å². The van der Waals surface area contributed by atoms with Crippen LogP contribution < -0.4 is 5.32 Å². The van der Waals surface area contributed by atoms with E-state index in [0.29, 0.717) is 6.04 Å². The number of nitrogens with zero attached hydrogens (tertiary/aromatic N) is 1. The summed E-state index contributed by atoms with van der Waals surface area (Å²) in [4.78, 5) is 14.9. The Bertz CT molecular complexity index is 483. The molecule has 2 aliphatic rings. The molecule has 1 N–H and O–H groups in total. The molecule has 126 valence electrons. The first-order valence-corrected chi connectivity index (χ1v) is 9.43. The maximum Gasteiger partial charge on any atom is 0.251 e. The Balaban J connectivity index is 1.52. The number of likely N-dealkylation sites (tertiary alicyclic amines) is 1. The van der Waals surface area contributed by atoms with Crippen molar-refractivity contribution in [3.8, 4) is 0 Å². The van der Waals surface area contributed by atoms with Crippen LogP contribution in [0.2, 0.25) is 0 Å². The predicted molar refractivity (Wildman–Crippen MR) is 94.5 cm³/mol. The summed E-state index contributed by atoms with van der Waals surface area (Å²) in [5.74, 6) is 0.0956. The molecule has 3 nitrogen and oxygen atoms in total. The molecule has 2 fully saturated rings. The topological polar surface area (TPSA) is 32.3 Å². The van der Waals surface area contributed by atoms with E-state index in [9.17, 15) is 4.79 Å². The molecule has 1 saturated heterocycles. The van der Waals surface area contributed by atoms with E-state index in [0.717, 1.165) is 24.9 Å². The van der Waals surface area contributed by atoms with Crippen molar-refractivity contribution in [1.82, 2.24) is 10.2 Å². The lowest BCUT2D eigenvalue weighted by molar-refractivity contribution is 0.0927. The van der Waals surface area contributed by atoms with E-state index < -0.39 is 0 Å². The van der Waals surface area contributed by atoms with Gasteiger partial charge in [-0.05, 0) is 56.5 Å². The Morgan fingerprint density at radius 3 is 2.17 bits per heavy atom. The smallest absolute Gasteiger partial charge is 0.251 e. The highest BCUT2D eigenvalue weighted by molar-refractivity contribution is 5.94. The minimum Gasteiger partial charge on any atom is -0.349 e. The van der Waals surface area contributed by atoms with Gasteiger partial charge in [-0.1, -0.05) is 44.2 Å². The van der Waals surface area contributed by atoms with Gasteiger partial charge in [0.2, 0.25) is 0 Å². The fourth-order valence-electron chi connectivity index (χ4n) is 3.83. The molecular weight excluding hydrogens is 284 g/mol. The lowest BCUT2D eigenvalue weighted by atomic mass is 9.95. The molecule has 1 heterocycles. The third kappa shape index (κ3) is 5.07. The minimum absolute atomic E-state index is 0.0956. The minimum atomic E-state index is 0.0956. The number of hydrogen-bond donors (Lipinski definition) is 1. The average molecular weight is 314 g/mol. The van der Waals surface area contributed by atoms with Gasteiger partial charge in [0.1, 0.15) is 0 Å². The monoisotopic (exact) mass is 314 g/mol. The summed E-state index contributed by atoms with van der Waals surface area (Å²) in [5, 5.41) is 3.19. The van der Waals surface area contributed by atoms with Gasteiger partial charge in [0.05, 0.1) is 0 Å². The molecule has 1 aromatic carbocycles. The first-order chi connectivity index (χ1) is 11.3. The van der Waals surface area contributed by atoms with Crippen LogP contribution in [-0.4, -0.2) is 29.9 Å². The lowest BCUT2D eigenvalue weighted by Crippen LogP contribution is -2.36. The first kappa shape index (κ1) is 16.5. The summed E-state index contributed by atoms with van der Waals surface area (Å²) in [6.45, 7) is 3.44. The number of carbonyl (C=O) groups is 1. The van der Waals surface area contributed by atoms with Gasteiger partial charge in [0.15, 0.2) is 0 Å². The summed E-state index contributed by atoms with van der Waals surface area (Å²) < 4.78 is 0. The van der Waals surface area contributed by atoms with E-state index in [1.54, 1.807) is 0 Å². The van der Waals surface area contributed by atoms with Crippen LogP contribution in [0.15, 0.2) is 24.3 Å². The van der Waals surface area contributed by atoms with E-state index in [1.807, 2.05) is 12.1 Å². The standard InChI is InChI=1S/C20H30N2O/c23-20(21-19-8-4-3-5-9-19)18-12-10-17(11-13-18)16-22-14-6-1-2-7-15-22/h10-13,19H,1-9,14-16H2,(H,21,23). The van der Waals surface area contributed by atoms with Crippen molar-refractivity contribution >= 4 is 5.91 Å². The van der Waals surface area contributed by atoms with Crippen LogP contribution >= 0.6 is 0 Å². The van der Waals surface area contributed by atoms with Gasteiger partial charge in [0.25, 0.3) is 5.91 Å². The first-order valence-electron chi connectivity index (χ1n) is 9.43. The van der Waals surface area contributed by atoms with Crippen molar-refractivity contribution < 1.29 is 4.79 Å². The van der Waals surface area contributed by atoms with Crippen molar-refractivity contribution in [1.29, 1.82) is 0 Å². The number of carbonyl (C=O) groups excluding carboxylic acids is 1. The molecule has 0 unspecified atom stereocenters. The number of amides is 1. The van der Waals surface area contributed by atoms with E-state index in [4.69, 9.17) is 0 Å². The van der Waals surface area contributed by atoms with Crippen LogP contribution in [0, 0.1) is 0 Å². The van der Waals surface area contributed by atoms with Crippen LogP contribution in [0.1, 0.15) is 73.7 Å². The molecule has 23 heavy (non-hydrogen) atoms. The molecule has 3 heteroatoms. The van der Waals surface area contributed by atoms with Crippen LogP contribution in [0.4, 0.5) is 0 Å². The second kappa shape index (κ2) is 8.49. The van der Waals surface area contributed by atoms with Gasteiger partial charge in [-0.15, -0.1) is 0 Å². The fraction of sp³-hybridized carbons (Fsp3) is 0.650. The van der Waals surface area contributed by atoms with Gasteiger partial charge in [-0.2, -0.15) is 0 Å². The highest BCUT2D eigenvalue weighted by Crippen LogP contribution is 2.18. The Morgan fingerprint density at radius 2 is 1.52 bits per heavy atom. The number of benzene rings is 1. The third-order valence-corrected chi connectivity index (χ3v) is 5.26. The van der Waals surface area contributed by atoms with E-state index in [-0.39, 0.29) is 5.91 Å². The Morgan fingerprint density at radius 1 is 0.913 bits per heavy atom. The lowest BCUT2D eigenvalue weighted by Gasteiger charge is -2.23. The molecule has 1 aliphatic carbocycles. The maximum absolute atomic E-state index is 12.3. The largest absolute Gasteiger partial charge is 0.349 e. The van der Waals surface area contributed by atoms with Crippen molar-refractivity contribution in [3.05, 3.63) is 35.4 Å². The highest BCUT2D eigenvalue weighted by atomic mass is 16.1. The molecule has 0 spiro atoms. The van der Waals surface area contributed by atoms with Gasteiger partial charge in [-0.25, -0.2) is 0 Å². The molecule has 1 saturated carbocycles.